The summed E-state index contributed by atoms with van der Waals surface area (Å²) in [6.45, 7) is 9.74. The second-order valence-electron chi connectivity index (χ2n) is 17.7. The Kier molecular flexibility index (Phi) is 11.9. The number of nitrogens with zero attached hydrogens (tertiary/aromatic N) is 7. The molecule has 0 bridgehead atoms. The molecule has 0 unspecified atom stereocenters. The Labute approximate surface area is 359 Å². The Morgan fingerprint density at radius 1 is 0.951 bits per heavy atom. The van der Waals surface area contributed by atoms with E-state index in [-0.39, 0.29) is 66.8 Å². The lowest BCUT2D eigenvalue weighted by atomic mass is 9.77. The molecule has 320 valence electrons. The van der Waals surface area contributed by atoms with E-state index in [1.54, 1.807) is 35.7 Å². The van der Waals surface area contributed by atoms with Gasteiger partial charge in [0.05, 0.1) is 40.1 Å². The smallest absolute Gasteiger partial charge is 0.246 e. The molecular weight excluding hydrogens is 793 g/mol. The van der Waals surface area contributed by atoms with E-state index in [1.165, 1.54) is 4.90 Å². The number of phenolic OH excluding ortho intramolecular Hbond substituents is 1. The number of phenols is 1. The van der Waals surface area contributed by atoms with E-state index in [4.69, 9.17) is 5.73 Å². The van der Waals surface area contributed by atoms with E-state index in [9.17, 15) is 24.6 Å². The van der Waals surface area contributed by atoms with Gasteiger partial charge in [-0.2, -0.15) is 5.10 Å². The van der Waals surface area contributed by atoms with Crippen molar-refractivity contribution >= 4 is 34.9 Å². The number of aromatic hydroxyl groups is 1. The maximum Gasteiger partial charge on any atom is 0.246 e. The summed E-state index contributed by atoms with van der Waals surface area (Å²) >= 11 is 1.58. The van der Waals surface area contributed by atoms with Crippen LogP contribution in [0.5, 0.6) is 5.75 Å². The number of hydrogen-bond acceptors (Lipinski definition) is 12. The van der Waals surface area contributed by atoms with Gasteiger partial charge < -0.3 is 36.4 Å². The number of aliphatic hydroxyl groups is 1. The first-order valence-corrected chi connectivity index (χ1v) is 21.9. The molecule has 3 atom stereocenters. The zero-order valence-corrected chi connectivity index (χ0v) is 35.8. The maximum absolute atomic E-state index is 14.2. The molecule has 2 saturated heterocycles. The van der Waals surface area contributed by atoms with Crippen molar-refractivity contribution < 1.29 is 24.6 Å². The normalized spacial score (nSPS) is 21.5. The van der Waals surface area contributed by atoms with Crippen LogP contribution in [0.1, 0.15) is 70.2 Å². The quantitative estimate of drug-likeness (QED) is 0.120. The predicted molar refractivity (Wildman–Crippen MR) is 233 cm³/mol. The molecule has 2 aliphatic heterocycles. The third kappa shape index (κ3) is 9.02. The average Bonchev–Trinajstić information content (AvgIpc) is 3.99. The number of aryl methyl sites for hydroxylation is 1. The topological polar surface area (TPSA) is 205 Å². The molecule has 15 nitrogen and oxygen atoms in total. The number of para-hydroxylation sites is 1. The van der Waals surface area contributed by atoms with Crippen LogP contribution in [0.3, 0.4) is 0 Å². The van der Waals surface area contributed by atoms with E-state index in [2.05, 4.69) is 35.8 Å². The molecule has 8 rings (SSSR count). The van der Waals surface area contributed by atoms with Gasteiger partial charge in [-0.1, -0.05) is 57.2 Å². The lowest BCUT2D eigenvalue weighted by Gasteiger charge is -2.45. The number of aromatic nitrogens is 5. The number of amides is 3. The number of likely N-dealkylation sites (tertiary alicyclic amines) is 2. The van der Waals surface area contributed by atoms with E-state index >= 15 is 0 Å². The first-order valence-electron chi connectivity index (χ1n) is 21.0. The molecular formula is C45H54N10O5S. The minimum Gasteiger partial charge on any atom is -0.507 e. The monoisotopic (exact) mass is 846 g/mol. The van der Waals surface area contributed by atoms with Gasteiger partial charge in [-0.15, -0.1) is 21.5 Å². The van der Waals surface area contributed by atoms with Crippen LogP contribution < -0.4 is 16.4 Å². The molecule has 3 amide bonds. The number of nitrogen functional groups attached to an aromatic ring is 1. The largest absolute Gasteiger partial charge is 0.507 e. The number of carbonyl (C=O) groups excluding carboxylic acids is 3. The molecule has 0 radical (unpaired) electrons. The van der Waals surface area contributed by atoms with Crippen LogP contribution in [0.2, 0.25) is 0 Å². The van der Waals surface area contributed by atoms with Crippen LogP contribution in [-0.4, -0.2) is 107 Å². The van der Waals surface area contributed by atoms with Crippen molar-refractivity contribution in [3.8, 4) is 38.6 Å². The molecule has 1 saturated carbocycles. The zero-order valence-electron chi connectivity index (χ0n) is 35.0. The molecule has 3 aromatic heterocycles. The molecule has 0 spiro atoms. The van der Waals surface area contributed by atoms with Crippen LogP contribution in [0.25, 0.3) is 32.8 Å². The van der Waals surface area contributed by atoms with Crippen LogP contribution in [0.15, 0.2) is 72.5 Å². The number of anilines is 1. The Hall–Kier alpha value is -5.71. The Morgan fingerprint density at radius 2 is 1.69 bits per heavy atom. The zero-order chi connectivity index (χ0) is 43.0. The maximum atomic E-state index is 14.2. The Bertz CT molecular complexity index is 2380. The van der Waals surface area contributed by atoms with Crippen LogP contribution in [0.4, 0.5) is 5.82 Å². The predicted octanol–water partition coefficient (Wildman–Crippen LogP) is 4.95. The van der Waals surface area contributed by atoms with Crippen molar-refractivity contribution in [3.05, 3.63) is 83.8 Å². The molecule has 5 aromatic rings. The summed E-state index contributed by atoms with van der Waals surface area (Å²) in [6, 6.07) is 15.5. The standard InChI is InChI=1S/C45H54N10O5S/c1-26-39(61-25-48-26)28-11-9-27(10-12-28)21-47-43(59)37-19-33(56)24-54(37)44(60)40(45(2,3)4)50-42(58)29-17-32(18-29)53-15-13-31(14-16-53)55-23-30(22-49-55)35-20-36(51-52-41(35)46)34-7-5-6-8-38(34)57/h5-12,20,22-23,25,29,31-33,37,40,56-57H,13-19,21,24H2,1-4H3,(H2,46,52)(H,47,59)(H,50,58)/t29?,32?,33-,37+,40-/m1/s1. The molecule has 61 heavy (non-hydrogen) atoms. The van der Waals surface area contributed by atoms with Gasteiger partial charge in [0.25, 0.3) is 0 Å². The number of benzene rings is 2. The molecule has 1 aliphatic carbocycles. The third-order valence-corrected chi connectivity index (χ3v) is 13.5. The van der Waals surface area contributed by atoms with Crippen molar-refractivity contribution in [2.75, 3.05) is 25.4 Å². The van der Waals surface area contributed by atoms with Gasteiger partial charge in [-0.05, 0) is 67.3 Å². The first-order chi connectivity index (χ1) is 29.2. The van der Waals surface area contributed by atoms with Crippen molar-refractivity contribution in [1.29, 1.82) is 0 Å². The Morgan fingerprint density at radius 3 is 2.38 bits per heavy atom. The lowest BCUT2D eigenvalue weighted by Crippen LogP contribution is -2.60. The van der Waals surface area contributed by atoms with Crippen molar-refractivity contribution in [3.63, 3.8) is 0 Å². The highest BCUT2D eigenvalue weighted by Crippen LogP contribution is 2.37. The fourth-order valence-corrected chi connectivity index (χ4v) is 9.60. The van der Waals surface area contributed by atoms with Crippen LogP contribution in [0, 0.1) is 18.3 Å². The molecule has 3 fully saturated rings. The van der Waals surface area contributed by atoms with Crippen molar-refractivity contribution in [2.24, 2.45) is 11.3 Å². The number of rotatable bonds is 11. The number of nitrogens with one attached hydrogen (secondary N) is 2. The highest BCUT2D eigenvalue weighted by atomic mass is 32.1. The molecule has 16 heteroatoms. The minimum atomic E-state index is -0.868. The van der Waals surface area contributed by atoms with Gasteiger partial charge in [-0.25, -0.2) is 4.98 Å². The van der Waals surface area contributed by atoms with E-state index in [1.807, 2.05) is 80.5 Å². The van der Waals surface area contributed by atoms with E-state index in [0.29, 0.717) is 29.7 Å². The van der Waals surface area contributed by atoms with Gasteiger partial charge >= 0.3 is 0 Å². The lowest BCUT2D eigenvalue weighted by molar-refractivity contribution is -0.145. The van der Waals surface area contributed by atoms with E-state index < -0.39 is 23.6 Å². The second-order valence-corrected chi connectivity index (χ2v) is 18.6. The molecule has 5 heterocycles. The fourth-order valence-electron chi connectivity index (χ4n) is 8.79. The summed E-state index contributed by atoms with van der Waals surface area (Å²) in [5.74, 6) is -0.665. The van der Waals surface area contributed by atoms with Gasteiger partial charge in [0.2, 0.25) is 17.7 Å². The van der Waals surface area contributed by atoms with Crippen molar-refractivity contribution in [2.45, 2.75) is 96.6 Å². The van der Waals surface area contributed by atoms with Gasteiger partial charge in [0.1, 0.15) is 17.8 Å². The second kappa shape index (κ2) is 17.3. The number of carbonyl (C=O) groups is 3. The third-order valence-electron chi connectivity index (χ3n) is 12.5. The van der Waals surface area contributed by atoms with Gasteiger partial charge in [-0.3, -0.25) is 19.1 Å². The summed E-state index contributed by atoms with van der Waals surface area (Å²) in [5.41, 5.74) is 13.0. The van der Waals surface area contributed by atoms with Gasteiger partial charge in [0, 0.05) is 67.4 Å². The van der Waals surface area contributed by atoms with E-state index in [0.717, 1.165) is 53.2 Å². The number of β-amino-alcohol motifs (C(OH)–C–C–N with tert-alkyl or cyclic N) is 1. The highest BCUT2D eigenvalue weighted by Gasteiger charge is 2.46. The number of thiazole rings is 1. The molecule has 3 aliphatic rings. The number of aliphatic hydroxyl groups excluding tert-OH is 1. The Balaban J connectivity index is 0.826. The number of nitrogens with two attached hydrogens (primary N) is 1. The number of hydrogen-bond donors (Lipinski definition) is 5. The SMILES string of the molecule is Cc1ncsc1-c1ccc(CNC(=O)[C@@H]2C[C@@H](O)CN2C(=O)[C@@H](NC(=O)C2CC(N3CCC(n4cc(-c5cc(-c6ccccc6O)nnc5N)cn4)CC3)C2)C(C)(C)C)cc1. The number of piperidine rings is 1. The summed E-state index contributed by atoms with van der Waals surface area (Å²) in [5, 5.41) is 40.1. The first kappa shape index (κ1) is 42.0. The highest BCUT2D eigenvalue weighted by molar-refractivity contribution is 7.13. The fraction of sp³-hybridized carbons (Fsp3) is 0.444. The summed E-state index contributed by atoms with van der Waals surface area (Å²) in [7, 11) is 0. The van der Waals surface area contributed by atoms with Crippen LogP contribution >= 0.6 is 11.3 Å². The average molecular weight is 847 g/mol. The van der Waals surface area contributed by atoms with Gasteiger partial charge in [0.15, 0.2) is 5.82 Å². The molecule has 2 aromatic carbocycles. The minimum absolute atomic E-state index is 0.0269. The van der Waals surface area contributed by atoms with Crippen LogP contribution in [-0.2, 0) is 20.9 Å². The summed E-state index contributed by atoms with van der Waals surface area (Å²) in [4.78, 5) is 50.8. The van der Waals surface area contributed by atoms with Crippen molar-refractivity contribution in [1.82, 2.24) is 45.4 Å². The summed E-state index contributed by atoms with van der Waals surface area (Å²) < 4.78 is 1.99. The molecule has 6 N–H and O–H groups in total. The summed E-state index contributed by atoms with van der Waals surface area (Å²) in [6.07, 6.45) is 6.28.